The maximum atomic E-state index is 10.4. The van der Waals surface area contributed by atoms with Gasteiger partial charge < -0.3 is 30.7 Å². The largest absolute Gasteiger partial charge is 0.508 e. The second-order valence-corrected chi connectivity index (χ2v) is 9.14. The maximum Gasteiger partial charge on any atom is 0.165 e. The quantitative estimate of drug-likeness (QED) is 0.553. The van der Waals surface area contributed by atoms with Crippen molar-refractivity contribution < 1.29 is 20.1 Å². The summed E-state index contributed by atoms with van der Waals surface area (Å²) in [5, 5.41) is 29.5. The number of likely N-dealkylation sites (N-methyl/N-ethyl adjacent to an activating group) is 1. The third-order valence-corrected chi connectivity index (χ3v) is 7.52. The number of benzene rings is 2. The van der Waals surface area contributed by atoms with Crippen LogP contribution < -0.4 is 10.5 Å². The van der Waals surface area contributed by atoms with Crippen LogP contribution in [-0.2, 0) is 18.3 Å². The number of hydrogen-bond donors (Lipinski definition) is 4. The Kier molecular flexibility index (Phi) is 4.96. The molecule has 0 amide bonds. The Morgan fingerprint density at radius 2 is 1.90 bits per heavy atom. The monoisotopic (exact) mass is 422 g/mol. The first kappa shape index (κ1) is 20.4. The number of ether oxygens (including phenoxy) is 1. The molecule has 1 fully saturated rings. The van der Waals surface area contributed by atoms with Gasteiger partial charge >= 0.3 is 0 Å². The molecule has 6 nitrogen and oxygen atoms in total. The number of aromatic hydroxyl groups is 2. The molecule has 0 radical (unpaired) electrons. The second kappa shape index (κ2) is 7.55. The van der Waals surface area contributed by atoms with E-state index in [1.165, 1.54) is 16.7 Å². The number of hydrogen-bond acceptors (Lipinski definition) is 6. The number of phenols is 2. The molecule has 2 aromatic carbocycles. The van der Waals surface area contributed by atoms with Gasteiger partial charge in [-0.3, -0.25) is 0 Å². The molecule has 164 valence electrons. The Bertz CT molecular complexity index is 1010. The molecule has 1 spiro atoms. The number of nitrogens with zero attached hydrogens (tertiary/aromatic N) is 1. The highest BCUT2D eigenvalue weighted by molar-refractivity contribution is 5.61. The Balaban J connectivity index is 0.000000174. The van der Waals surface area contributed by atoms with Crippen LogP contribution in [0.25, 0.3) is 0 Å². The summed E-state index contributed by atoms with van der Waals surface area (Å²) in [7, 11) is 2.19. The zero-order chi connectivity index (χ0) is 21.8. The zero-order valence-electron chi connectivity index (χ0n) is 17.7. The standard InChI is InChI=1S/C17H19NO3.C8H11NO/c1-18-7-6-17-10-3-5-13(20)16(17)21-15-12(19)4-2-9(14(15)17)8-11(10)18;9-6-5-7-1-3-8(10)4-2-7/h2-5,10-11,13,16,19-20H,6-8H2,1H3;1-4,10H,5-6,9H2/t10-,11+,13-,16-,17-;/m0./s1. The van der Waals surface area contributed by atoms with Gasteiger partial charge in [0.15, 0.2) is 11.5 Å². The lowest BCUT2D eigenvalue weighted by molar-refractivity contribution is -0.0453. The molecule has 2 heterocycles. The van der Waals surface area contributed by atoms with Crippen LogP contribution in [-0.4, -0.2) is 58.6 Å². The molecule has 1 saturated heterocycles. The summed E-state index contributed by atoms with van der Waals surface area (Å²) < 4.78 is 6.09. The second-order valence-electron chi connectivity index (χ2n) is 9.14. The molecule has 0 aromatic heterocycles. The van der Waals surface area contributed by atoms with E-state index in [0.717, 1.165) is 25.8 Å². The Labute approximate surface area is 182 Å². The van der Waals surface area contributed by atoms with Gasteiger partial charge in [0.05, 0.1) is 0 Å². The van der Waals surface area contributed by atoms with Gasteiger partial charge in [-0.25, -0.2) is 0 Å². The van der Waals surface area contributed by atoms with Gasteiger partial charge in [0.1, 0.15) is 18.0 Å². The fraction of sp³-hybridized carbons (Fsp3) is 0.440. The first-order chi connectivity index (χ1) is 15.0. The normalized spacial score (nSPS) is 32.0. The van der Waals surface area contributed by atoms with Crippen molar-refractivity contribution in [2.24, 2.45) is 11.7 Å². The summed E-state index contributed by atoms with van der Waals surface area (Å²) in [5.74, 6) is 1.50. The highest BCUT2D eigenvalue weighted by Gasteiger charge is 2.64. The van der Waals surface area contributed by atoms with Crippen LogP contribution in [0.3, 0.4) is 0 Å². The Morgan fingerprint density at radius 1 is 1.13 bits per heavy atom. The summed E-state index contributed by atoms with van der Waals surface area (Å²) in [6.07, 6.45) is 6.05. The lowest BCUT2D eigenvalue weighted by Gasteiger charge is -2.56. The number of aliphatic hydroxyl groups is 1. The lowest BCUT2D eigenvalue weighted by atomic mass is 9.53. The minimum absolute atomic E-state index is 0.160. The Hall–Kier alpha value is -2.54. The highest BCUT2D eigenvalue weighted by Crippen LogP contribution is 2.62. The van der Waals surface area contributed by atoms with Crippen molar-refractivity contribution in [3.63, 3.8) is 0 Å². The third-order valence-electron chi connectivity index (χ3n) is 7.52. The molecule has 2 aliphatic carbocycles. The predicted octanol–water partition coefficient (Wildman–Crippen LogP) is 2.09. The molecule has 2 bridgehead atoms. The van der Waals surface area contributed by atoms with Crippen molar-refractivity contribution in [2.45, 2.75) is 42.9 Å². The molecule has 2 aromatic rings. The van der Waals surface area contributed by atoms with Crippen molar-refractivity contribution in [1.82, 2.24) is 4.90 Å². The van der Waals surface area contributed by atoms with Crippen LogP contribution in [0.15, 0.2) is 48.6 Å². The van der Waals surface area contributed by atoms with E-state index in [2.05, 4.69) is 18.0 Å². The number of likely N-dealkylation sites (tertiary alicyclic amines) is 1. The van der Waals surface area contributed by atoms with E-state index in [1.54, 1.807) is 18.2 Å². The summed E-state index contributed by atoms with van der Waals surface area (Å²) in [6, 6.07) is 11.3. The molecule has 2 aliphatic heterocycles. The van der Waals surface area contributed by atoms with Crippen molar-refractivity contribution in [3.8, 4) is 17.2 Å². The predicted molar refractivity (Wildman–Crippen MR) is 118 cm³/mol. The van der Waals surface area contributed by atoms with E-state index in [-0.39, 0.29) is 17.3 Å². The molecule has 4 aliphatic rings. The smallest absolute Gasteiger partial charge is 0.165 e. The molecular weight excluding hydrogens is 392 g/mol. The van der Waals surface area contributed by atoms with Gasteiger partial charge in [-0.1, -0.05) is 30.4 Å². The summed E-state index contributed by atoms with van der Waals surface area (Å²) in [4.78, 5) is 2.43. The van der Waals surface area contributed by atoms with E-state index in [1.807, 2.05) is 24.3 Å². The SMILES string of the molecule is CN1CC[C@]23c4c5ccc(O)c4O[C@H]2[C@@H](O)C=C[C@H]3[C@H]1C5.NCCc1ccc(O)cc1. The molecule has 31 heavy (non-hydrogen) atoms. The molecular formula is C25H30N2O4. The van der Waals surface area contributed by atoms with Gasteiger partial charge in [0, 0.05) is 22.9 Å². The van der Waals surface area contributed by atoms with Gasteiger partial charge in [-0.2, -0.15) is 0 Å². The van der Waals surface area contributed by atoms with Crippen LogP contribution in [0, 0.1) is 5.92 Å². The van der Waals surface area contributed by atoms with E-state index in [9.17, 15) is 10.2 Å². The molecule has 6 rings (SSSR count). The van der Waals surface area contributed by atoms with Crippen LogP contribution >= 0.6 is 0 Å². The summed E-state index contributed by atoms with van der Waals surface area (Å²) in [6.45, 7) is 1.67. The zero-order valence-corrected chi connectivity index (χ0v) is 17.7. The summed E-state index contributed by atoms with van der Waals surface area (Å²) >= 11 is 0. The van der Waals surface area contributed by atoms with Crippen molar-refractivity contribution >= 4 is 0 Å². The topological polar surface area (TPSA) is 99.2 Å². The van der Waals surface area contributed by atoms with E-state index >= 15 is 0 Å². The molecule has 6 heteroatoms. The molecule has 0 unspecified atom stereocenters. The molecule has 5 atom stereocenters. The van der Waals surface area contributed by atoms with Crippen LogP contribution in [0.5, 0.6) is 17.2 Å². The summed E-state index contributed by atoms with van der Waals surface area (Å²) in [5.41, 5.74) is 8.79. The van der Waals surface area contributed by atoms with E-state index in [4.69, 9.17) is 15.6 Å². The first-order valence-electron chi connectivity index (χ1n) is 11.0. The third kappa shape index (κ3) is 3.04. The average Bonchev–Trinajstić information content (AvgIpc) is 3.12. The number of piperidine rings is 1. The number of aliphatic hydroxyl groups excluding tert-OH is 1. The molecule has 0 saturated carbocycles. The Morgan fingerprint density at radius 3 is 2.65 bits per heavy atom. The number of rotatable bonds is 2. The van der Waals surface area contributed by atoms with Crippen LogP contribution in [0.4, 0.5) is 0 Å². The van der Waals surface area contributed by atoms with Gasteiger partial charge in [0.2, 0.25) is 0 Å². The minimum atomic E-state index is -0.594. The lowest BCUT2D eigenvalue weighted by Crippen LogP contribution is -2.64. The van der Waals surface area contributed by atoms with Gasteiger partial charge in [-0.15, -0.1) is 0 Å². The highest BCUT2D eigenvalue weighted by atomic mass is 16.5. The van der Waals surface area contributed by atoms with Crippen molar-refractivity contribution in [2.75, 3.05) is 20.1 Å². The van der Waals surface area contributed by atoms with Crippen molar-refractivity contribution in [1.29, 1.82) is 0 Å². The van der Waals surface area contributed by atoms with Gasteiger partial charge in [-0.05, 0) is 68.7 Å². The minimum Gasteiger partial charge on any atom is -0.508 e. The average molecular weight is 423 g/mol. The number of phenolic OH excluding ortho intramolecular Hbond substituents is 2. The van der Waals surface area contributed by atoms with E-state index in [0.29, 0.717) is 30.0 Å². The van der Waals surface area contributed by atoms with E-state index < -0.39 is 6.10 Å². The maximum absolute atomic E-state index is 10.4. The first-order valence-corrected chi connectivity index (χ1v) is 11.0. The fourth-order valence-electron chi connectivity index (χ4n) is 6.07. The molecule has 5 N–H and O–H groups in total. The van der Waals surface area contributed by atoms with Crippen molar-refractivity contribution in [3.05, 3.63) is 65.2 Å². The van der Waals surface area contributed by atoms with Crippen LogP contribution in [0.2, 0.25) is 0 Å². The van der Waals surface area contributed by atoms with Gasteiger partial charge in [0.25, 0.3) is 0 Å². The van der Waals surface area contributed by atoms with Crippen LogP contribution in [0.1, 0.15) is 23.1 Å². The fourth-order valence-corrected chi connectivity index (χ4v) is 6.07. The number of nitrogens with two attached hydrogens (primary N) is 1.